The first-order valence-corrected chi connectivity index (χ1v) is 9.64. The lowest BCUT2D eigenvalue weighted by atomic mass is 9.98. The highest BCUT2D eigenvalue weighted by Gasteiger charge is 2.22. The average Bonchev–Trinajstić information content (AvgIpc) is 2.94. The van der Waals surface area contributed by atoms with Gasteiger partial charge in [0.1, 0.15) is 0 Å². The van der Waals surface area contributed by atoms with Crippen LogP contribution in [0.15, 0.2) is 19.7 Å². The molecule has 0 saturated heterocycles. The molecule has 2 aromatic heterocycles. The fourth-order valence-corrected chi connectivity index (χ4v) is 6.95. The minimum Gasteiger partial charge on any atom is -0.309 e. The highest BCUT2D eigenvalue weighted by Crippen LogP contribution is 2.41. The first-order chi connectivity index (χ1) is 9.19. The quantitative estimate of drug-likeness (QED) is 0.688. The molecule has 1 atom stereocenters. The third kappa shape index (κ3) is 2.86. The molecule has 3 rings (SSSR count). The number of aryl methyl sites for hydroxylation is 2. The molecule has 1 aliphatic carbocycles. The summed E-state index contributed by atoms with van der Waals surface area (Å²) in [6.45, 7) is 0. The number of fused-ring (bicyclic) bond motifs is 1. The van der Waals surface area contributed by atoms with E-state index in [4.69, 9.17) is 0 Å². The van der Waals surface area contributed by atoms with Crippen LogP contribution in [0.2, 0.25) is 0 Å². The zero-order valence-electron chi connectivity index (χ0n) is 10.6. The van der Waals surface area contributed by atoms with E-state index in [1.54, 1.807) is 21.8 Å². The first kappa shape index (κ1) is 14.3. The molecule has 0 aliphatic heterocycles. The van der Waals surface area contributed by atoms with Gasteiger partial charge in [0.15, 0.2) is 0 Å². The number of halogens is 2. The van der Waals surface area contributed by atoms with Crippen molar-refractivity contribution < 1.29 is 0 Å². The van der Waals surface area contributed by atoms with Crippen LogP contribution in [0.3, 0.4) is 0 Å². The normalized spacial score (nSPS) is 16.4. The standard InChI is InChI=1S/C14H15Br2NS2/c1-17-13(9-7-12(15)19-14(9)16)11-6-8-4-2-3-5-10(8)18-11/h6-7,13,17H,2-5H2,1H3. The maximum atomic E-state index is 3.68. The Morgan fingerprint density at radius 3 is 2.58 bits per heavy atom. The van der Waals surface area contributed by atoms with Gasteiger partial charge in [-0.3, -0.25) is 0 Å². The van der Waals surface area contributed by atoms with Gasteiger partial charge < -0.3 is 5.32 Å². The van der Waals surface area contributed by atoms with E-state index in [1.165, 1.54) is 43.7 Å². The van der Waals surface area contributed by atoms with Gasteiger partial charge in [0, 0.05) is 15.3 Å². The van der Waals surface area contributed by atoms with E-state index in [1.807, 2.05) is 18.4 Å². The Kier molecular flexibility index (Phi) is 4.49. The van der Waals surface area contributed by atoms with Crippen molar-refractivity contribution >= 4 is 54.5 Å². The van der Waals surface area contributed by atoms with Crippen LogP contribution in [0.5, 0.6) is 0 Å². The Balaban J connectivity index is 1.98. The van der Waals surface area contributed by atoms with Crippen molar-refractivity contribution in [3.05, 3.63) is 40.6 Å². The fourth-order valence-electron chi connectivity index (χ4n) is 2.66. The van der Waals surface area contributed by atoms with Crippen LogP contribution in [-0.2, 0) is 12.8 Å². The van der Waals surface area contributed by atoms with Gasteiger partial charge in [0.2, 0.25) is 0 Å². The summed E-state index contributed by atoms with van der Waals surface area (Å²) in [6, 6.07) is 4.93. The summed E-state index contributed by atoms with van der Waals surface area (Å²) in [5.41, 5.74) is 2.91. The van der Waals surface area contributed by atoms with Crippen molar-refractivity contribution in [3.8, 4) is 0 Å². The molecule has 0 saturated carbocycles. The van der Waals surface area contributed by atoms with Crippen molar-refractivity contribution in [2.24, 2.45) is 0 Å². The molecule has 19 heavy (non-hydrogen) atoms. The van der Waals surface area contributed by atoms with Crippen LogP contribution in [0.1, 0.15) is 39.8 Å². The molecule has 102 valence electrons. The Hall–Kier alpha value is 0.320. The van der Waals surface area contributed by atoms with Gasteiger partial charge in [-0.05, 0) is 82.3 Å². The van der Waals surface area contributed by atoms with Crippen LogP contribution >= 0.6 is 54.5 Å². The van der Waals surface area contributed by atoms with Gasteiger partial charge in [0.05, 0.1) is 13.6 Å². The van der Waals surface area contributed by atoms with E-state index in [2.05, 4.69) is 49.3 Å². The smallest absolute Gasteiger partial charge is 0.0762 e. The number of nitrogens with one attached hydrogen (secondary N) is 1. The summed E-state index contributed by atoms with van der Waals surface area (Å²) in [7, 11) is 2.04. The third-order valence-electron chi connectivity index (χ3n) is 3.58. The summed E-state index contributed by atoms with van der Waals surface area (Å²) in [5, 5.41) is 3.46. The second-order valence-corrected chi connectivity index (χ2v) is 9.72. The second-order valence-electron chi connectivity index (χ2n) is 4.81. The fraction of sp³-hybridized carbons (Fsp3) is 0.429. The van der Waals surface area contributed by atoms with Gasteiger partial charge >= 0.3 is 0 Å². The maximum absolute atomic E-state index is 3.68. The van der Waals surface area contributed by atoms with Crippen molar-refractivity contribution in [1.82, 2.24) is 5.32 Å². The molecule has 0 spiro atoms. The first-order valence-electron chi connectivity index (χ1n) is 6.42. The van der Waals surface area contributed by atoms with Crippen LogP contribution in [0, 0.1) is 0 Å². The Morgan fingerprint density at radius 1 is 1.16 bits per heavy atom. The lowest BCUT2D eigenvalue weighted by Gasteiger charge is -2.13. The maximum Gasteiger partial charge on any atom is 0.0762 e. The summed E-state index contributed by atoms with van der Waals surface area (Å²) in [5.74, 6) is 0. The highest BCUT2D eigenvalue weighted by molar-refractivity contribution is 9.12. The number of hydrogen-bond acceptors (Lipinski definition) is 3. The lowest BCUT2D eigenvalue weighted by molar-refractivity contribution is 0.691. The van der Waals surface area contributed by atoms with Gasteiger partial charge in [-0.15, -0.1) is 22.7 Å². The van der Waals surface area contributed by atoms with Gasteiger partial charge in [-0.2, -0.15) is 0 Å². The molecular formula is C14H15Br2NS2. The van der Waals surface area contributed by atoms with E-state index in [9.17, 15) is 0 Å². The number of thiophene rings is 2. The van der Waals surface area contributed by atoms with Gasteiger partial charge in [-0.1, -0.05) is 0 Å². The summed E-state index contributed by atoms with van der Waals surface area (Å²) < 4.78 is 2.39. The van der Waals surface area contributed by atoms with Crippen molar-refractivity contribution in [1.29, 1.82) is 0 Å². The minimum absolute atomic E-state index is 0.299. The molecule has 1 N–H and O–H groups in total. The molecule has 0 bridgehead atoms. The second kappa shape index (κ2) is 5.98. The van der Waals surface area contributed by atoms with Crippen LogP contribution in [0.4, 0.5) is 0 Å². The topological polar surface area (TPSA) is 12.0 Å². The van der Waals surface area contributed by atoms with E-state index >= 15 is 0 Å². The highest BCUT2D eigenvalue weighted by atomic mass is 79.9. The largest absolute Gasteiger partial charge is 0.309 e. The van der Waals surface area contributed by atoms with E-state index in [0.29, 0.717) is 6.04 Å². The average molecular weight is 421 g/mol. The SMILES string of the molecule is CNC(c1cc2c(s1)CCCC2)c1cc(Br)sc1Br. The monoisotopic (exact) mass is 419 g/mol. The van der Waals surface area contributed by atoms with E-state index in [0.717, 1.165) is 0 Å². The summed E-state index contributed by atoms with van der Waals surface area (Å²) >= 11 is 11.0. The van der Waals surface area contributed by atoms with E-state index < -0.39 is 0 Å². The molecule has 0 fully saturated rings. The van der Waals surface area contributed by atoms with Crippen molar-refractivity contribution in [2.75, 3.05) is 7.05 Å². The van der Waals surface area contributed by atoms with Crippen molar-refractivity contribution in [2.45, 2.75) is 31.7 Å². The molecule has 1 aliphatic rings. The molecule has 1 nitrogen and oxygen atoms in total. The molecule has 0 amide bonds. The predicted octanol–water partition coefficient (Wildman–Crippen LogP) is 5.52. The molecule has 5 heteroatoms. The van der Waals surface area contributed by atoms with Crippen LogP contribution in [0.25, 0.3) is 0 Å². The van der Waals surface area contributed by atoms with Gasteiger partial charge in [0.25, 0.3) is 0 Å². The van der Waals surface area contributed by atoms with E-state index in [-0.39, 0.29) is 0 Å². The Morgan fingerprint density at radius 2 is 1.95 bits per heavy atom. The molecule has 0 aromatic carbocycles. The molecular weight excluding hydrogens is 406 g/mol. The van der Waals surface area contributed by atoms with Crippen LogP contribution < -0.4 is 5.32 Å². The zero-order chi connectivity index (χ0) is 13.4. The summed E-state index contributed by atoms with van der Waals surface area (Å²) in [4.78, 5) is 3.05. The minimum atomic E-state index is 0.299. The molecule has 0 radical (unpaired) electrons. The zero-order valence-corrected chi connectivity index (χ0v) is 15.4. The lowest BCUT2D eigenvalue weighted by Crippen LogP contribution is -2.16. The molecule has 2 heterocycles. The predicted molar refractivity (Wildman–Crippen MR) is 91.6 cm³/mol. The Labute approximate surface area is 138 Å². The Bertz CT molecular complexity index is 565. The van der Waals surface area contributed by atoms with Crippen molar-refractivity contribution in [3.63, 3.8) is 0 Å². The molecule has 2 aromatic rings. The summed E-state index contributed by atoms with van der Waals surface area (Å²) in [6.07, 6.45) is 5.23. The third-order valence-corrected chi connectivity index (χ3v) is 7.27. The number of rotatable bonds is 3. The van der Waals surface area contributed by atoms with Gasteiger partial charge in [-0.25, -0.2) is 0 Å². The molecule has 1 unspecified atom stereocenters. The number of hydrogen-bond donors (Lipinski definition) is 1. The van der Waals surface area contributed by atoms with Crippen LogP contribution in [-0.4, -0.2) is 7.05 Å².